The van der Waals surface area contributed by atoms with Crippen LogP contribution in [0, 0.1) is 0 Å². The van der Waals surface area contributed by atoms with Crippen LogP contribution in [0.5, 0.6) is 0 Å². The maximum atomic E-state index is 2.30. The normalized spacial score (nSPS) is 11.9. The number of thiol groups is 1. The van der Waals surface area contributed by atoms with Gasteiger partial charge in [-0.3, -0.25) is 0 Å². The number of rotatable bonds is 6. The van der Waals surface area contributed by atoms with Gasteiger partial charge in [-0.25, -0.2) is 0 Å². The average molecular weight is 419 g/mol. The lowest BCUT2D eigenvalue weighted by Crippen LogP contribution is -2.00. The van der Waals surface area contributed by atoms with E-state index in [1.807, 2.05) is 0 Å². The van der Waals surface area contributed by atoms with Gasteiger partial charge in [0.05, 0.1) is 10.9 Å². The zero-order valence-electron chi connectivity index (χ0n) is 15.7. The molecule has 4 aromatic rings. The van der Waals surface area contributed by atoms with Crippen molar-refractivity contribution in [1.29, 1.82) is 0 Å². The first-order valence-electron chi connectivity index (χ1n) is 9.14. The molecule has 0 bridgehead atoms. The van der Waals surface area contributed by atoms with Gasteiger partial charge in [-0.05, 0) is 72.8 Å². The van der Waals surface area contributed by atoms with Crippen molar-refractivity contribution in [2.75, 3.05) is 6.26 Å². The van der Waals surface area contributed by atoms with Crippen molar-refractivity contribution in [2.45, 2.75) is 29.4 Å². The van der Waals surface area contributed by atoms with E-state index in [2.05, 4.69) is 115 Å². The summed E-state index contributed by atoms with van der Waals surface area (Å²) in [6.45, 7) is 0. The minimum absolute atomic E-state index is 0.120. The molecule has 0 N–H and O–H groups in total. The van der Waals surface area contributed by atoms with E-state index in [1.54, 1.807) is 11.8 Å². The van der Waals surface area contributed by atoms with Crippen LogP contribution in [0.4, 0.5) is 0 Å². The van der Waals surface area contributed by atoms with Crippen LogP contribution in [0.1, 0.15) is 0 Å². The van der Waals surface area contributed by atoms with Crippen LogP contribution in [-0.4, -0.2) is 6.26 Å². The van der Waals surface area contributed by atoms with Crippen molar-refractivity contribution >= 4 is 34.4 Å². The Kier molecular flexibility index (Phi) is 6.48. The Morgan fingerprint density at radius 2 is 1.00 bits per heavy atom. The van der Waals surface area contributed by atoms with E-state index in [-0.39, 0.29) is 10.9 Å². The van der Waals surface area contributed by atoms with Gasteiger partial charge in [0.15, 0.2) is 19.6 Å². The van der Waals surface area contributed by atoms with Gasteiger partial charge >= 0.3 is 0 Å². The third-order valence-corrected chi connectivity index (χ3v) is 8.45. The third kappa shape index (κ3) is 5.05. The van der Waals surface area contributed by atoms with Gasteiger partial charge in [0, 0.05) is 21.6 Å². The fourth-order valence-electron chi connectivity index (χ4n) is 2.85. The molecule has 0 aliphatic heterocycles. The predicted octanol–water partition coefficient (Wildman–Crippen LogP) is 6.74. The van der Waals surface area contributed by atoms with Crippen LogP contribution < -0.4 is 0 Å². The Morgan fingerprint density at radius 1 is 0.536 bits per heavy atom. The standard InChI is InChI=1S/C25H21S3/c1-28(24-10-6-3-7-11-24)25-18-16-23(17-19-25)27-22-14-12-21(13-15-22)26-20-8-4-2-5-9-20/h2-19H,1H3/q+1/p+1. The van der Waals surface area contributed by atoms with Crippen molar-refractivity contribution in [3.8, 4) is 0 Å². The highest BCUT2D eigenvalue weighted by Crippen LogP contribution is 2.28. The van der Waals surface area contributed by atoms with E-state index in [0.29, 0.717) is 0 Å². The van der Waals surface area contributed by atoms with Crippen LogP contribution in [-0.2, 0) is 22.7 Å². The fourth-order valence-corrected chi connectivity index (χ4v) is 5.96. The smallest absolute Gasteiger partial charge is 0.0901 e. The summed E-state index contributed by atoms with van der Waals surface area (Å²) in [6.07, 6.45) is 2.30. The summed E-state index contributed by atoms with van der Waals surface area (Å²) < 4.78 is 0. The van der Waals surface area contributed by atoms with Crippen LogP contribution in [0.25, 0.3) is 0 Å². The largest absolute Gasteiger partial charge is 0.160 e. The van der Waals surface area contributed by atoms with E-state index in [1.165, 1.54) is 41.1 Å². The molecule has 4 rings (SSSR count). The maximum Gasteiger partial charge on any atom is 0.160 e. The van der Waals surface area contributed by atoms with E-state index in [4.69, 9.17) is 0 Å². The summed E-state index contributed by atoms with van der Waals surface area (Å²) in [5.41, 5.74) is 0. The van der Waals surface area contributed by atoms with Crippen LogP contribution in [0.15, 0.2) is 139 Å². The summed E-state index contributed by atoms with van der Waals surface area (Å²) in [5, 5.41) is 0. The topological polar surface area (TPSA) is 0 Å². The monoisotopic (exact) mass is 418 g/mol. The second-order valence-corrected chi connectivity index (χ2v) is 10.7. The zero-order chi connectivity index (χ0) is 19.2. The van der Waals surface area contributed by atoms with E-state index in [0.717, 1.165) is 0 Å². The van der Waals surface area contributed by atoms with E-state index in [9.17, 15) is 0 Å². The molecule has 0 radical (unpaired) electrons. The molecule has 0 aromatic heterocycles. The summed E-state index contributed by atoms with van der Waals surface area (Å²) in [7, 11) is 0.120. The molecular formula is C25H22S3+2. The molecule has 0 fully saturated rings. The highest BCUT2D eigenvalue weighted by atomic mass is 32.2. The van der Waals surface area contributed by atoms with Gasteiger partial charge in [-0.1, -0.05) is 48.2 Å². The maximum absolute atomic E-state index is 2.30. The molecule has 1 atom stereocenters. The predicted molar refractivity (Wildman–Crippen MR) is 125 cm³/mol. The van der Waals surface area contributed by atoms with Gasteiger partial charge in [-0.2, -0.15) is 0 Å². The van der Waals surface area contributed by atoms with E-state index >= 15 is 0 Å². The molecule has 28 heavy (non-hydrogen) atoms. The Balaban J connectivity index is 1.40. The molecular weight excluding hydrogens is 396 g/mol. The molecule has 1 unspecified atom stereocenters. The molecule has 0 nitrogen and oxygen atoms in total. The first-order chi connectivity index (χ1) is 13.8. The van der Waals surface area contributed by atoms with Crippen molar-refractivity contribution in [1.82, 2.24) is 0 Å². The molecule has 0 aliphatic carbocycles. The van der Waals surface area contributed by atoms with Crippen LogP contribution >= 0.6 is 11.8 Å². The number of hydrogen-bond acceptors (Lipinski definition) is 1. The summed E-state index contributed by atoms with van der Waals surface area (Å²) in [4.78, 5) is 7.98. The van der Waals surface area contributed by atoms with Crippen molar-refractivity contribution in [3.05, 3.63) is 109 Å². The van der Waals surface area contributed by atoms with Crippen molar-refractivity contribution in [3.63, 3.8) is 0 Å². The van der Waals surface area contributed by atoms with Gasteiger partial charge < -0.3 is 0 Å². The second kappa shape index (κ2) is 9.42. The van der Waals surface area contributed by atoms with Crippen LogP contribution in [0.2, 0.25) is 0 Å². The molecule has 0 amide bonds. The molecule has 138 valence electrons. The summed E-state index contributed by atoms with van der Waals surface area (Å²) in [5.74, 6) is 0. The fraction of sp³-hybridized carbons (Fsp3) is 0.0400. The van der Waals surface area contributed by atoms with Crippen molar-refractivity contribution in [2.24, 2.45) is 0 Å². The van der Waals surface area contributed by atoms with Crippen LogP contribution in [0.3, 0.4) is 0 Å². The van der Waals surface area contributed by atoms with E-state index < -0.39 is 0 Å². The number of benzene rings is 4. The molecule has 0 spiro atoms. The second-order valence-electron chi connectivity index (χ2n) is 6.34. The lowest BCUT2D eigenvalue weighted by Gasteiger charge is -2.02. The first-order valence-corrected chi connectivity index (χ1v) is 12.5. The van der Waals surface area contributed by atoms with Gasteiger partial charge in [0.25, 0.3) is 0 Å². The lowest BCUT2D eigenvalue weighted by atomic mass is 10.4. The zero-order valence-corrected chi connectivity index (χ0v) is 18.2. The lowest BCUT2D eigenvalue weighted by molar-refractivity contribution is 1.30. The minimum atomic E-state index is 0.120. The first kappa shape index (κ1) is 19.3. The Bertz CT molecular complexity index is 995. The molecule has 0 heterocycles. The van der Waals surface area contributed by atoms with Gasteiger partial charge in [-0.15, -0.1) is 0 Å². The third-order valence-electron chi connectivity index (χ3n) is 4.36. The highest BCUT2D eigenvalue weighted by molar-refractivity contribution is 7.99. The Morgan fingerprint density at radius 3 is 1.61 bits per heavy atom. The van der Waals surface area contributed by atoms with Gasteiger partial charge in [0.2, 0.25) is 0 Å². The Hall–Kier alpha value is -2.07. The molecule has 4 aromatic carbocycles. The Labute approximate surface area is 178 Å². The minimum Gasteiger partial charge on any atom is -0.0901 e. The molecule has 0 aliphatic rings. The quantitative estimate of drug-likeness (QED) is 0.247. The summed E-state index contributed by atoms with van der Waals surface area (Å²) >= 11 is 3.06. The molecule has 3 heteroatoms. The van der Waals surface area contributed by atoms with Gasteiger partial charge in [0.1, 0.15) is 6.26 Å². The molecule has 0 saturated heterocycles. The van der Waals surface area contributed by atoms with Crippen molar-refractivity contribution < 1.29 is 0 Å². The summed E-state index contributed by atoms with van der Waals surface area (Å²) in [6, 6.07) is 39.2. The molecule has 0 saturated carbocycles. The highest BCUT2D eigenvalue weighted by Gasteiger charge is 2.19. The average Bonchev–Trinajstić information content (AvgIpc) is 2.76. The SMILES string of the molecule is C[S+](c1ccccc1)c1ccc([SH+]c2ccc(Sc3ccccc3)cc2)cc1. The number of hydrogen-bond donors (Lipinski definition) is 0.